The molecule has 0 N–H and O–H groups in total. The van der Waals surface area contributed by atoms with Crippen LogP contribution in [0.2, 0.25) is 0 Å². The Morgan fingerprint density at radius 1 is 0.562 bits per heavy atom. The van der Waals surface area contributed by atoms with Crippen molar-refractivity contribution < 1.29 is 135 Å². The quantitative estimate of drug-likeness (QED) is 0.234. The van der Waals surface area contributed by atoms with Gasteiger partial charge in [-0.1, -0.05) is 13.3 Å². The fourth-order valence-electron chi connectivity index (χ4n) is 1.83. The molecule has 0 fully saturated rings. The van der Waals surface area contributed by atoms with Crippen LogP contribution >= 0.6 is 0 Å². The molecule has 0 saturated heterocycles. The van der Waals surface area contributed by atoms with Gasteiger partial charge in [0.25, 0.3) is 0 Å². The summed E-state index contributed by atoms with van der Waals surface area (Å²) in [7, 11) is -8.09. The van der Waals surface area contributed by atoms with Crippen molar-refractivity contribution in [3.05, 3.63) is 0 Å². The largest absolute Gasteiger partial charge is 1.00 e. The molecule has 0 unspecified atom stereocenters. The Labute approximate surface area is 210 Å². The average Bonchev–Trinajstić information content (AvgIpc) is 2.52. The van der Waals surface area contributed by atoms with Crippen LogP contribution in [-0.2, 0) is 10.1 Å². The Morgan fingerprint density at radius 2 is 0.812 bits per heavy atom. The van der Waals surface area contributed by atoms with E-state index in [0.717, 1.165) is 0 Å². The molecule has 21 heteroatoms. The molecule has 0 saturated carbocycles. The molecular formula is C11H7F16KO3S. The minimum atomic E-state index is -8.76. The van der Waals surface area contributed by atoms with Crippen LogP contribution in [0.3, 0.4) is 0 Å². The third-order valence-electron chi connectivity index (χ3n) is 3.67. The van der Waals surface area contributed by atoms with Crippen molar-refractivity contribution in [2.45, 2.75) is 66.5 Å². The van der Waals surface area contributed by atoms with E-state index in [-0.39, 0.29) is 51.4 Å². The molecule has 0 bridgehead atoms. The summed E-state index contributed by atoms with van der Waals surface area (Å²) in [4.78, 5) is 0. The molecule has 188 valence electrons. The second kappa shape index (κ2) is 9.14. The van der Waals surface area contributed by atoms with Crippen LogP contribution in [0.4, 0.5) is 70.2 Å². The molecule has 0 aromatic rings. The van der Waals surface area contributed by atoms with Crippen molar-refractivity contribution in [1.82, 2.24) is 0 Å². The summed E-state index contributed by atoms with van der Waals surface area (Å²) in [6.45, 7) is 0.551. The fraction of sp³-hybridized carbons (Fsp3) is 1.00. The molecule has 0 aliphatic rings. The Bertz CT molecular complexity index is 778. The second-order valence-corrected chi connectivity index (χ2v) is 7.29. The van der Waals surface area contributed by atoms with Gasteiger partial charge in [-0.3, -0.25) is 0 Å². The van der Waals surface area contributed by atoms with Crippen molar-refractivity contribution in [3.8, 4) is 0 Å². The topological polar surface area (TPSA) is 57.2 Å². The third kappa shape index (κ3) is 4.51. The molecule has 0 amide bonds. The maximum Gasteiger partial charge on any atom is 1.00 e. The van der Waals surface area contributed by atoms with Crippen molar-refractivity contribution in [3.63, 3.8) is 0 Å². The van der Waals surface area contributed by atoms with Gasteiger partial charge in [0.15, 0.2) is 10.1 Å². The van der Waals surface area contributed by atoms with E-state index in [1.165, 1.54) is 0 Å². The molecule has 0 heterocycles. The summed E-state index contributed by atoms with van der Waals surface area (Å²) in [6, 6.07) is 0. The Morgan fingerprint density at radius 3 is 1.06 bits per heavy atom. The van der Waals surface area contributed by atoms with Crippen LogP contribution in [0.15, 0.2) is 0 Å². The molecule has 0 spiro atoms. The van der Waals surface area contributed by atoms with Crippen LogP contribution in [0.1, 0.15) is 19.8 Å². The van der Waals surface area contributed by atoms with E-state index in [2.05, 4.69) is 0 Å². The van der Waals surface area contributed by atoms with E-state index < -0.39 is 69.7 Å². The van der Waals surface area contributed by atoms with Gasteiger partial charge in [-0.15, -0.1) is 0 Å². The summed E-state index contributed by atoms with van der Waals surface area (Å²) in [5.74, 6) is -56.8. The van der Waals surface area contributed by atoms with Crippen LogP contribution < -0.4 is 51.4 Å². The number of hydrogen-bond donors (Lipinski definition) is 0. The molecule has 0 radical (unpaired) electrons. The molecule has 0 rings (SSSR count). The van der Waals surface area contributed by atoms with Crippen molar-refractivity contribution in [2.75, 3.05) is 0 Å². The van der Waals surface area contributed by atoms with Crippen LogP contribution in [-0.4, -0.2) is 59.7 Å². The molecule has 32 heavy (non-hydrogen) atoms. The van der Waals surface area contributed by atoms with E-state index >= 15 is 0 Å². The van der Waals surface area contributed by atoms with E-state index in [9.17, 15) is 83.2 Å². The maximum atomic E-state index is 13.4. The molecule has 3 nitrogen and oxygen atoms in total. The van der Waals surface area contributed by atoms with E-state index in [1.807, 2.05) is 0 Å². The van der Waals surface area contributed by atoms with Gasteiger partial charge in [0.1, 0.15) is 0 Å². The van der Waals surface area contributed by atoms with E-state index in [0.29, 0.717) is 6.92 Å². The summed E-state index contributed by atoms with van der Waals surface area (Å²) >= 11 is 0. The van der Waals surface area contributed by atoms with Gasteiger partial charge in [-0.25, -0.2) is 8.42 Å². The van der Waals surface area contributed by atoms with Gasteiger partial charge in [-0.05, 0) is 0 Å². The molecule has 0 aromatic heterocycles. The standard InChI is InChI=1S/C11H8F16O3S.K/c1-2-3-4(12,13)5(14,15)6(16,17)7(18,19)8(20,21)9(22,23)10(24,25)11(26,27)31(28,29)30;/h2-3H2,1H3,(H,28,29,30);/q;+1/p-1. The van der Waals surface area contributed by atoms with Gasteiger partial charge in [-0.2, -0.15) is 70.2 Å². The Balaban J connectivity index is 0. The predicted octanol–water partition coefficient (Wildman–Crippen LogP) is 2.38. The zero-order valence-electron chi connectivity index (χ0n) is 15.1. The van der Waals surface area contributed by atoms with Crippen molar-refractivity contribution in [1.29, 1.82) is 0 Å². The normalized spacial score (nSPS) is 16.1. The smallest absolute Gasteiger partial charge is 0.743 e. The molecular weight excluding hydrogens is 555 g/mol. The average molecular weight is 562 g/mol. The predicted molar refractivity (Wildman–Crippen MR) is 64.2 cm³/mol. The number of rotatable bonds is 10. The summed E-state index contributed by atoms with van der Waals surface area (Å²) in [5, 5.41) is -7.88. The van der Waals surface area contributed by atoms with Crippen molar-refractivity contribution >= 4 is 10.1 Å². The Kier molecular flexibility index (Phi) is 9.88. The molecule has 0 aliphatic carbocycles. The van der Waals surface area contributed by atoms with Gasteiger partial charge >= 0.3 is 98.1 Å². The molecule has 0 aromatic carbocycles. The second-order valence-electron chi connectivity index (χ2n) is 5.87. The van der Waals surface area contributed by atoms with Crippen LogP contribution in [0.25, 0.3) is 0 Å². The number of halogens is 16. The third-order valence-corrected chi connectivity index (χ3v) is 4.56. The summed E-state index contributed by atoms with van der Waals surface area (Å²) < 4.78 is 241. The summed E-state index contributed by atoms with van der Waals surface area (Å²) in [5.41, 5.74) is 0. The zero-order valence-corrected chi connectivity index (χ0v) is 19.0. The van der Waals surface area contributed by atoms with Crippen LogP contribution in [0.5, 0.6) is 0 Å². The van der Waals surface area contributed by atoms with Gasteiger partial charge in [0.05, 0.1) is 0 Å². The fourth-order valence-corrected chi connectivity index (χ4v) is 2.27. The Hall–Kier alpha value is 0.426. The van der Waals surface area contributed by atoms with Gasteiger partial charge in [0, 0.05) is 6.42 Å². The minimum absolute atomic E-state index is 0. The maximum absolute atomic E-state index is 13.4. The summed E-state index contributed by atoms with van der Waals surface area (Å²) in [6.07, 6.45) is -3.67. The first-order valence-electron chi connectivity index (χ1n) is 7.04. The first kappa shape index (κ1) is 34.6. The molecule has 0 atom stereocenters. The molecule has 0 aliphatic heterocycles. The minimum Gasteiger partial charge on any atom is -0.743 e. The zero-order chi connectivity index (χ0) is 25.9. The number of alkyl halides is 16. The van der Waals surface area contributed by atoms with E-state index in [1.54, 1.807) is 0 Å². The SMILES string of the molecule is CCCC(F)(F)C(F)(F)C(F)(F)C(F)(F)C(F)(F)C(F)(F)C(F)(F)C(F)(F)S(=O)(=O)[O-].[K+]. The first-order valence-corrected chi connectivity index (χ1v) is 8.45. The van der Waals surface area contributed by atoms with Crippen molar-refractivity contribution in [2.24, 2.45) is 0 Å². The van der Waals surface area contributed by atoms with E-state index in [4.69, 9.17) is 0 Å². The van der Waals surface area contributed by atoms with Gasteiger partial charge in [0.2, 0.25) is 0 Å². The first-order chi connectivity index (χ1) is 13.1. The monoisotopic (exact) mass is 562 g/mol. The van der Waals surface area contributed by atoms with Crippen LogP contribution in [0, 0.1) is 0 Å². The number of hydrogen-bond acceptors (Lipinski definition) is 3. The van der Waals surface area contributed by atoms with Gasteiger partial charge < -0.3 is 4.55 Å².